The van der Waals surface area contributed by atoms with Crippen molar-refractivity contribution in [2.24, 2.45) is 0 Å². The van der Waals surface area contributed by atoms with Gasteiger partial charge in [-0.1, -0.05) is 114 Å². The van der Waals surface area contributed by atoms with Gasteiger partial charge in [-0.05, 0) is 36.8 Å². The third kappa shape index (κ3) is 9.11. The van der Waals surface area contributed by atoms with Crippen molar-refractivity contribution in [1.29, 1.82) is 0 Å². The molecule has 0 saturated heterocycles. The predicted octanol–water partition coefficient (Wildman–Crippen LogP) is 9.31. The van der Waals surface area contributed by atoms with Crippen LogP contribution in [0.5, 0.6) is 5.88 Å². The SMILES string of the molecule is CCCCCCCCCCCCCCCCn1c(C=O)c(O)n(-c2cc(Cl)cc(Cl)c2)c1=S. The number of aldehydes is 1. The molecule has 184 valence electrons. The molecule has 0 saturated carbocycles. The first-order valence-electron chi connectivity index (χ1n) is 12.5. The van der Waals surface area contributed by atoms with E-state index in [0.29, 0.717) is 33.3 Å². The monoisotopic (exact) mass is 512 g/mol. The van der Waals surface area contributed by atoms with E-state index in [4.69, 9.17) is 35.4 Å². The number of rotatable bonds is 17. The van der Waals surface area contributed by atoms with Crippen LogP contribution >= 0.6 is 35.4 Å². The lowest BCUT2D eigenvalue weighted by atomic mass is 10.0. The van der Waals surface area contributed by atoms with E-state index in [-0.39, 0.29) is 11.6 Å². The molecule has 0 aliphatic rings. The van der Waals surface area contributed by atoms with Crippen molar-refractivity contribution in [3.8, 4) is 11.6 Å². The maximum atomic E-state index is 11.6. The number of nitrogens with zero attached hydrogens (tertiary/aromatic N) is 2. The number of carbonyl (C=O) groups is 1. The fourth-order valence-electron chi connectivity index (χ4n) is 4.25. The lowest BCUT2D eigenvalue weighted by Crippen LogP contribution is -2.03. The van der Waals surface area contributed by atoms with Crippen LogP contribution in [0.1, 0.15) is 107 Å². The molecule has 2 aromatic rings. The quantitative estimate of drug-likeness (QED) is 0.130. The number of carbonyl (C=O) groups excluding carboxylic acids is 1. The molecule has 1 N–H and O–H groups in total. The van der Waals surface area contributed by atoms with Crippen LogP contribution in [0.4, 0.5) is 0 Å². The molecule has 0 aliphatic carbocycles. The summed E-state index contributed by atoms with van der Waals surface area (Å²) in [5.41, 5.74) is 0.726. The van der Waals surface area contributed by atoms with Crippen LogP contribution in [0.15, 0.2) is 18.2 Å². The van der Waals surface area contributed by atoms with Gasteiger partial charge in [0.25, 0.3) is 0 Å². The minimum absolute atomic E-state index is 0.182. The Labute approximate surface area is 213 Å². The van der Waals surface area contributed by atoms with Crippen LogP contribution in [-0.4, -0.2) is 20.5 Å². The van der Waals surface area contributed by atoms with Crippen molar-refractivity contribution < 1.29 is 9.90 Å². The summed E-state index contributed by atoms with van der Waals surface area (Å²) in [4.78, 5) is 11.6. The van der Waals surface area contributed by atoms with E-state index in [1.165, 1.54) is 81.6 Å². The van der Waals surface area contributed by atoms with Crippen molar-refractivity contribution >= 4 is 41.7 Å². The molecule has 1 aromatic carbocycles. The molecule has 4 nitrogen and oxygen atoms in total. The molecule has 0 bridgehead atoms. The normalized spacial score (nSPS) is 11.2. The van der Waals surface area contributed by atoms with Crippen molar-refractivity contribution in [2.75, 3.05) is 0 Å². The number of hydrogen-bond acceptors (Lipinski definition) is 3. The average Bonchev–Trinajstić information content (AvgIpc) is 3.02. The van der Waals surface area contributed by atoms with E-state index >= 15 is 0 Å². The number of aromatic hydroxyl groups is 1. The van der Waals surface area contributed by atoms with E-state index in [0.717, 1.165) is 12.8 Å². The van der Waals surface area contributed by atoms with Gasteiger partial charge in [-0.25, -0.2) is 0 Å². The van der Waals surface area contributed by atoms with Crippen LogP contribution < -0.4 is 0 Å². The van der Waals surface area contributed by atoms with Gasteiger partial charge in [0.05, 0.1) is 5.69 Å². The molecule has 1 aromatic heterocycles. The Hall–Kier alpha value is -1.30. The fourth-order valence-corrected chi connectivity index (χ4v) is 5.14. The van der Waals surface area contributed by atoms with Gasteiger partial charge in [-0.3, -0.25) is 9.36 Å². The van der Waals surface area contributed by atoms with Crippen molar-refractivity contribution in [2.45, 2.75) is 103 Å². The molecule has 0 amide bonds. The highest BCUT2D eigenvalue weighted by atomic mass is 35.5. The summed E-state index contributed by atoms with van der Waals surface area (Å²) in [5.74, 6) is -0.182. The number of aromatic nitrogens is 2. The molecule has 0 fully saturated rings. The van der Waals surface area contributed by atoms with Gasteiger partial charge in [0.15, 0.2) is 11.1 Å². The van der Waals surface area contributed by atoms with Gasteiger partial charge in [-0.2, -0.15) is 0 Å². The highest BCUT2D eigenvalue weighted by Gasteiger charge is 2.18. The zero-order valence-corrected chi connectivity index (χ0v) is 22.2. The average molecular weight is 514 g/mol. The number of unbranched alkanes of at least 4 members (excludes halogenated alkanes) is 13. The van der Waals surface area contributed by atoms with Crippen LogP contribution in [0.2, 0.25) is 10.0 Å². The Balaban J connectivity index is 1.72. The van der Waals surface area contributed by atoms with Crippen molar-refractivity contribution in [1.82, 2.24) is 9.13 Å². The number of halogens is 2. The topological polar surface area (TPSA) is 47.2 Å². The molecule has 33 heavy (non-hydrogen) atoms. The second kappa shape index (κ2) is 15.6. The van der Waals surface area contributed by atoms with Crippen LogP contribution in [0.25, 0.3) is 5.69 Å². The molecular weight excluding hydrogens is 475 g/mol. The third-order valence-electron chi connectivity index (χ3n) is 6.11. The lowest BCUT2D eigenvalue weighted by molar-refractivity contribution is 0.111. The smallest absolute Gasteiger partial charge is 0.226 e. The van der Waals surface area contributed by atoms with Gasteiger partial charge < -0.3 is 9.67 Å². The van der Waals surface area contributed by atoms with Gasteiger partial charge in [0.2, 0.25) is 5.88 Å². The highest BCUT2D eigenvalue weighted by Crippen LogP contribution is 2.29. The predicted molar refractivity (Wildman–Crippen MR) is 142 cm³/mol. The largest absolute Gasteiger partial charge is 0.493 e. The highest BCUT2D eigenvalue weighted by molar-refractivity contribution is 7.71. The molecule has 2 rings (SSSR count). The molecule has 7 heteroatoms. The molecular formula is C26H38Cl2N2O2S. The lowest BCUT2D eigenvalue weighted by Gasteiger charge is -2.07. The Kier molecular flexibility index (Phi) is 13.2. The molecule has 0 aliphatic heterocycles. The first-order chi connectivity index (χ1) is 16.0. The van der Waals surface area contributed by atoms with Crippen LogP contribution in [0, 0.1) is 4.77 Å². The molecule has 0 radical (unpaired) electrons. The minimum Gasteiger partial charge on any atom is -0.493 e. The van der Waals surface area contributed by atoms with E-state index in [2.05, 4.69) is 6.92 Å². The van der Waals surface area contributed by atoms with Gasteiger partial charge in [0, 0.05) is 16.6 Å². The Morgan fingerprint density at radius 1 is 0.818 bits per heavy atom. The van der Waals surface area contributed by atoms with E-state index in [1.54, 1.807) is 22.8 Å². The standard InChI is InChI=1S/C26H38Cl2N2O2S/c1-2-3-4-5-6-7-8-9-10-11-12-13-14-15-16-29-24(20-31)25(32)30(26(29)33)23-18-21(27)17-22(28)19-23/h17-20,32H,2-16H2,1H3. The number of imidazole rings is 1. The van der Waals surface area contributed by atoms with Gasteiger partial charge in [-0.15, -0.1) is 0 Å². The fraction of sp³-hybridized carbons (Fsp3) is 0.615. The van der Waals surface area contributed by atoms with Crippen molar-refractivity contribution in [3.63, 3.8) is 0 Å². The summed E-state index contributed by atoms with van der Waals surface area (Å²) in [7, 11) is 0. The summed E-state index contributed by atoms with van der Waals surface area (Å²) in [6, 6.07) is 4.93. The first-order valence-corrected chi connectivity index (χ1v) is 13.6. The summed E-state index contributed by atoms with van der Waals surface area (Å²) in [5, 5.41) is 11.5. The maximum Gasteiger partial charge on any atom is 0.226 e. The van der Waals surface area contributed by atoms with E-state index in [1.807, 2.05) is 0 Å². The number of hydrogen-bond donors (Lipinski definition) is 1. The van der Waals surface area contributed by atoms with Gasteiger partial charge in [0.1, 0.15) is 5.69 Å². The maximum absolute atomic E-state index is 11.6. The first kappa shape index (κ1) is 27.9. The molecule has 0 spiro atoms. The molecule has 0 atom stereocenters. The Morgan fingerprint density at radius 2 is 1.27 bits per heavy atom. The summed E-state index contributed by atoms with van der Waals surface area (Å²) >= 11 is 17.8. The van der Waals surface area contributed by atoms with Crippen molar-refractivity contribution in [3.05, 3.63) is 38.7 Å². The van der Waals surface area contributed by atoms with E-state index < -0.39 is 0 Å². The van der Waals surface area contributed by atoms with Crippen LogP contribution in [-0.2, 0) is 6.54 Å². The number of benzene rings is 1. The van der Waals surface area contributed by atoms with Gasteiger partial charge >= 0.3 is 0 Å². The summed E-state index contributed by atoms with van der Waals surface area (Å²) in [6.45, 7) is 2.86. The molecule has 1 heterocycles. The zero-order chi connectivity index (χ0) is 24.1. The summed E-state index contributed by atoms with van der Waals surface area (Å²) < 4.78 is 3.51. The minimum atomic E-state index is -0.182. The Morgan fingerprint density at radius 3 is 1.73 bits per heavy atom. The Bertz CT molecular complexity index is 903. The summed E-state index contributed by atoms with van der Waals surface area (Å²) in [6.07, 6.45) is 18.7. The second-order valence-corrected chi connectivity index (χ2v) is 10.1. The van der Waals surface area contributed by atoms with Crippen LogP contribution in [0.3, 0.4) is 0 Å². The zero-order valence-electron chi connectivity index (χ0n) is 19.8. The second-order valence-electron chi connectivity index (χ2n) is 8.82. The third-order valence-corrected chi connectivity index (χ3v) is 6.95. The van der Waals surface area contributed by atoms with E-state index in [9.17, 15) is 9.90 Å². The molecule has 0 unspecified atom stereocenters.